The van der Waals surface area contributed by atoms with E-state index in [0.29, 0.717) is 17.2 Å². The molecule has 0 aliphatic rings. The van der Waals surface area contributed by atoms with Gasteiger partial charge in [-0.05, 0) is 12.1 Å². The SMILES string of the molecule is COc1ccc(OCCO[N+](=O)[O-])cc1NC(=O)CN. The van der Waals surface area contributed by atoms with Gasteiger partial charge in [-0.2, -0.15) is 0 Å². The molecule has 1 aromatic carbocycles. The summed E-state index contributed by atoms with van der Waals surface area (Å²) in [7, 11) is 1.46. The first-order chi connectivity index (χ1) is 9.56. The number of rotatable bonds is 8. The highest BCUT2D eigenvalue weighted by atomic mass is 17.0. The maximum atomic E-state index is 11.3. The average molecular weight is 285 g/mol. The number of hydrogen-bond donors (Lipinski definition) is 2. The maximum absolute atomic E-state index is 11.3. The van der Waals surface area contributed by atoms with Crippen LogP contribution in [0.25, 0.3) is 0 Å². The van der Waals surface area contributed by atoms with E-state index in [4.69, 9.17) is 15.2 Å². The third kappa shape index (κ3) is 4.98. The van der Waals surface area contributed by atoms with Crippen molar-refractivity contribution in [2.75, 3.05) is 32.2 Å². The number of nitrogens with zero attached hydrogens (tertiary/aromatic N) is 1. The van der Waals surface area contributed by atoms with E-state index in [0.717, 1.165) is 0 Å². The molecular weight excluding hydrogens is 270 g/mol. The second kappa shape index (κ2) is 7.79. The van der Waals surface area contributed by atoms with Crippen LogP contribution in [0.3, 0.4) is 0 Å². The quantitative estimate of drug-likeness (QED) is 0.396. The van der Waals surface area contributed by atoms with Gasteiger partial charge < -0.3 is 25.4 Å². The highest BCUT2D eigenvalue weighted by Gasteiger charge is 2.08. The Morgan fingerprint density at radius 1 is 1.45 bits per heavy atom. The number of benzene rings is 1. The number of anilines is 1. The second-order valence-electron chi connectivity index (χ2n) is 3.52. The molecule has 0 spiro atoms. The zero-order valence-electron chi connectivity index (χ0n) is 10.8. The molecule has 0 heterocycles. The number of amides is 1. The minimum Gasteiger partial charge on any atom is -0.495 e. The largest absolute Gasteiger partial charge is 0.495 e. The number of hydrogen-bond acceptors (Lipinski definition) is 7. The minimum atomic E-state index is -0.899. The molecule has 0 aliphatic heterocycles. The lowest BCUT2D eigenvalue weighted by Crippen LogP contribution is -2.22. The number of carbonyl (C=O) groups is 1. The number of nitrogens with two attached hydrogens (primary N) is 1. The van der Waals surface area contributed by atoms with Crippen molar-refractivity contribution < 1.29 is 24.2 Å². The van der Waals surface area contributed by atoms with Crippen LogP contribution in [0.4, 0.5) is 5.69 Å². The van der Waals surface area contributed by atoms with Crippen molar-refractivity contribution in [1.29, 1.82) is 0 Å². The number of nitrogens with one attached hydrogen (secondary N) is 1. The fraction of sp³-hybridized carbons (Fsp3) is 0.364. The van der Waals surface area contributed by atoms with Gasteiger partial charge in [0.25, 0.3) is 5.09 Å². The van der Waals surface area contributed by atoms with E-state index in [-0.39, 0.29) is 25.7 Å². The molecule has 9 nitrogen and oxygen atoms in total. The van der Waals surface area contributed by atoms with Crippen molar-refractivity contribution in [2.45, 2.75) is 0 Å². The van der Waals surface area contributed by atoms with Gasteiger partial charge in [-0.15, -0.1) is 10.1 Å². The van der Waals surface area contributed by atoms with Gasteiger partial charge in [-0.3, -0.25) is 4.79 Å². The third-order valence-corrected chi connectivity index (χ3v) is 2.18. The molecule has 3 N–H and O–H groups in total. The molecule has 0 aromatic heterocycles. The highest BCUT2D eigenvalue weighted by molar-refractivity contribution is 5.93. The molecule has 0 saturated heterocycles. The normalized spacial score (nSPS) is 9.70. The third-order valence-electron chi connectivity index (χ3n) is 2.18. The van der Waals surface area contributed by atoms with Crippen molar-refractivity contribution in [3.8, 4) is 11.5 Å². The molecule has 1 amide bonds. The Kier molecular flexibility index (Phi) is 6.04. The van der Waals surface area contributed by atoms with Crippen molar-refractivity contribution in [3.05, 3.63) is 28.3 Å². The Balaban J connectivity index is 2.66. The van der Waals surface area contributed by atoms with Crippen LogP contribution in [-0.4, -0.2) is 37.9 Å². The Morgan fingerprint density at radius 3 is 2.80 bits per heavy atom. The summed E-state index contributed by atoms with van der Waals surface area (Å²) in [5, 5.41) is 11.6. The molecule has 0 bridgehead atoms. The number of ether oxygens (including phenoxy) is 2. The first kappa shape index (κ1) is 15.5. The van der Waals surface area contributed by atoms with E-state index in [2.05, 4.69) is 10.2 Å². The van der Waals surface area contributed by atoms with Gasteiger partial charge in [0.05, 0.1) is 19.3 Å². The van der Waals surface area contributed by atoms with Crippen molar-refractivity contribution in [2.24, 2.45) is 5.73 Å². The number of carbonyl (C=O) groups excluding carboxylic acids is 1. The van der Waals surface area contributed by atoms with E-state index in [1.54, 1.807) is 12.1 Å². The zero-order chi connectivity index (χ0) is 15.0. The smallest absolute Gasteiger partial charge is 0.294 e. The lowest BCUT2D eigenvalue weighted by Gasteiger charge is -2.12. The molecule has 1 rings (SSSR count). The summed E-state index contributed by atoms with van der Waals surface area (Å²) in [6.45, 7) is -0.355. The summed E-state index contributed by atoms with van der Waals surface area (Å²) in [6.07, 6.45) is 0. The topological polar surface area (TPSA) is 126 Å². The molecule has 0 saturated carbocycles. The van der Waals surface area contributed by atoms with Crippen LogP contribution in [0, 0.1) is 10.1 Å². The van der Waals surface area contributed by atoms with Gasteiger partial charge in [-0.25, -0.2) is 0 Å². The molecule has 110 valence electrons. The molecule has 0 fully saturated rings. The Hall–Kier alpha value is -2.55. The summed E-state index contributed by atoms with van der Waals surface area (Å²) < 4.78 is 10.3. The Morgan fingerprint density at radius 2 is 2.20 bits per heavy atom. The van der Waals surface area contributed by atoms with Gasteiger partial charge in [0.15, 0.2) is 0 Å². The van der Waals surface area contributed by atoms with Gasteiger partial charge in [0.1, 0.15) is 24.7 Å². The van der Waals surface area contributed by atoms with E-state index < -0.39 is 5.09 Å². The van der Waals surface area contributed by atoms with E-state index in [1.807, 2.05) is 0 Å². The van der Waals surface area contributed by atoms with E-state index in [1.165, 1.54) is 13.2 Å². The van der Waals surface area contributed by atoms with Crippen molar-refractivity contribution in [1.82, 2.24) is 0 Å². The van der Waals surface area contributed by atoms with Crippen molar-refractivity contribution in [3.63, 3.8) is 0 Å². The minimum absolute atomic E-state index is 0.00240. The molecular formula is C11H15N3O6. The van der Waals surface area contributed by atoms with Gasteiger partial charge in [-0.1, -0.05) is 0 Å². The Bertz CT molecular complexity index is 479. The summed E-state index contributed by atoms with van der Waals surface area (Å²) in [5.74, 6) is 0.475. The van der Waals surface area contributed by atoms with Crippen LogP contribution >= 0.6 is 0 Å². The molecule has 0 aliphatic carbocycles. The van der Waals surface area contributed by atoms with Gasteiger partial charge >= 0.3 is 0 Å². The fourth-order valence-electron chi connectivity index (χ4n) is 1.35. The first-order valence-corrected chi connectivity index (χ1v) is 5.65. The van der Waals surface area contributed by atoms with E-state index >= 15 is 0 Å². The van der Waals surface area contributed by atoms with E-state index in [9.17, 15) is 14.9 Å². The zero-order valence-corrected chi connectivity index (χ0v) is 10.8. The van der Waals surface area contributed by atoms with Crippen LogP contribution in [0.15, 0.2) is 18.2 Å². The monoisotopic (exact) mass is 285 g/mol. The molecule has 20 heavy (non-hydrogen) atoms. The number of methoxy groups -OCH3 is 1. The van der Waals surface area contributed by atoms with Crippen LogP contribution in [0.1, 0.15) is 0 Å². The molecule has 9 heteroatoms. The highest BCUT2D eigenvalue weighted by Crippen LogP contribution is 2.28. The summed E-state index contributed by atoms with van der Waals surface area (Å²) in [6, 6.07) is 4.72. The van der Waals surface area contributed by atoms with Crippen LogP contribution in [0.2, 0.25) is 0 Å². The predicted octanol–water partition coefficient (Wildman–Crippen LogP) is 0.179. The summed E-state index contributed by atoms with van der Waals surface area (Å²) in [4.78, 5) is 25.3. The second-order valence-corrected chi connectivity index (χ2v) is 3.52. The van der Waals surface area contributed by atoms with Gasteiger partial charge in [0, 0.05) is 6.07 Å². The summed E-state index contributed by atoms with van der Waals surface area (Å²) in [5.41, 5.74) is 5.61. The molecule has 1 aromatic rings. The fourth-order valence-corrected chi connectivity index (χ4v) is 1.35. The Labute approximate surface area is 114 Å². The average Bonchev–Trinajstić information content (AvgIpc) is 2.43. The lowest BCUT2D eigenvalue weighted by atomic mass is 10.2. The van der Waals surface area contributed by atoms with Crippen LogP contribution < -0.4 is 20.5 Å². The maximum Gasteiger partial charge on any atom is 0.294 e. The van der Waals surface area contributed by atoms with Gasteiger partial charge in [0.2, 0.25) is 5.91 Å². The molecule has 0 radical (unpaired) electrons. The first-order valence-electron chi connectivity index (χ1n) is 5.65. The summed E-state index contributed by atoms with van der Waals surface area (Å²) >= 11 is 0. The molecule has 0 atom stereocenters. The van der Waals surface area contributed by atoms with Crippen molar-refractivity contribution >= 4 is 11.6 Å². The van der Waals surface area contributed by atoms with Crippen LogP contribution in [0.5, 0.6) is 11.5 Å². The lowest BCUT2D eigenvalue weighted by molar-refractivity contribution is -0.757. The predicted molar refractivity (Wildman–Crippen MR) is 69.1 cm³/mol. The standard InChI is InChI=1S/C11H15N3O6/c1-18-10-3-2-8(19-4-5-20-14(16)17)6-9(10)13-11(15)7-12/h2-3,6H,4-5,7,12H2,1H3,(H,13,15). The van der Waals surface area contributed by atoms with Crippen LogP contribution in [-0.2, 0) is 9.63 Å². The molecule has 0 unspecified atom stereocenters.